The van der Waals surface area contributed by atoms with Gasteiger partial charge in [0.1, 0.15) is 17.3 Å². The Hall–Kier alpha value is -3.74. The molecule has 1 atom stereocenters. The number of aryl methyl sites for hydroxylation is 1. The van der Waals surface area contributed by atoms with Crippen LogP contribution in [0.4, 0.5) is 10.2 Å². The first-order valence-electron chi connectivity index (χ1n) is 11.5. The van der Waals surface area contributed by atoms with Crippen LogP contribution >= 0.6 is 11.6 Å². The quantitative estimate of drug-likeness (QED) is 0.530. The van der Waals surface area contributed by atoms with Crippen molar-refractivity contribution in [2.75, 3.05) is 25.0 Å². The van der Waals surface area contributed by atoms with E-state index in [1.165, 1.54) is 23.0 Å². The lowest BCUT2D eigenvalue weighted by Crippen LogP contribution is -2.47. The number of nitrogens with zero attached hydrogens (tertiary/aromatic N) is 4. The first-order chi connectivity index (χ1) is 17.3. The SMILES string of the molecule is CCC(=O)N1CCOC(Cn2ncc(Cl)c2C(=O)Nc2ncc(C#Cc3ccc(F)cc3)cc2C)C1. The monoisotopic (exact) mass is 509 g/mol. The summed E-state index contributed by atoms with van der Waals surface area (Å²) < 4.78 is 20.3. The molecule has 1 aliphatic heterocycles. The van der Waals surface area contributed by atoms with Crippen LogP contribution in [0.25, 0.3) is 0 Å². The first-order valence-corrected chi connectivity index (χ1v) is 11.9. The highest BCUT2D eigenvalue weighted by molar-refractivity contribution is 6.34. The topological polar surface area (TPSA) is 89.4 Å². The average molecular weight is 510 g/mol. The highest BCUT2D eigenvalue weighted by Crippen LogP contribution is 2.20. The Morgan fingerprint density at radius 1 is 1.22 bits per heavy atom. The van der Waals surface area contributed by atoms with E-state index in [0.29, 0.717) is 48.6 Å². The minimum atomic E-state index is -0.462. The number of nitrogens with one attached hydrogen (secondary N) is 1. The number of amides is 2. The zero-order valence-electron chi connectivity index (χ0n) is 19.9. The van der Waals surface area contributed by atoms with Gasteiger partial charge in [-0.2, -0.15) is 5.10 Å². The summed E-state index contributed by atoms with van der Waals surface area (Å²) in [4.78, 5) is 31.2. The Kier molecular flexibility index (Phi) is 7.98. The lowest BCUT2D eigenvalue weighted by molar-refractivity contribution is -0.139. The van der Waals surface area contributed by atoms with Gasteiger partial charge in [-0.3, -0.25) is 14.3 Å². The summed E-state index contributed by atoms with van der Waals surface area (Å²) in [6, 6.07) is 7.70. The molecule has 10 heteroatoms. The van der Waals surface area contributed by atoms with Crippen molar-refractivity contribution >= 4 is 29.2 Å². The predicted molar refractivity (Wildman–Crippen MR) is 133 cm³/mol. The zero-order chi connectivity index (χ0) is 25.7. The summed E-state index contributed by atoms with van der Waals surface area (Å²) in [6.45, 7) is 5.29. The molecule has 3 heterocycles. The number of hydrogen-bond donors (Lipinski definition) is 1. The molecule has 3 aromatic rings. The van der Waals surface area contributed by atoms with E-state index < -0.39 is 5.91 Å². The van der Waals surface area contributed by atoms with Crippen LogP contribution in [0, 0.1) is 24.6 Å². The van der Waals surface area contributed by atoms with Gasteiger partial charge in [0.2, 0.25) is 5.91 Å². The molecule has 1 aromatic carbocycles. The number of hydrogen-bond acceptors (Lipinski definition) is 5. The van der Waals surface area contributed by atoms with Gasteiger partial charge in [-0.1, -0.05) is 30.4 Å². The molecule has 2 amide bonds. The Bertz CT molecular complexity index is 1330. The van der Waals surface area contributed by atoms with Crippen LogP contribution in [0.5, 0.6) is 0 Å². The fraction of sp³-hybridized carbons (Fsp3) is 0.308. The van der Waals surface area contributed by atoms with Crippen molar-refractivity contribution < 1.29 is 18.7 Å². The summed E-state index contributed by atoms with van der Waals surface area (Å²) in [7, 11) is 0. The maximum absolute atomic E-state index is 13.1. The second-order valence-electron chi connectivity index (χ2n) is 8.31. The number of rotatable bonds is 5. The van der Waals surface area contributed by atoms with Crippen molar-refractivity contribution in [2.45, 2.75) is 32.9 Å². The van der Waals surface area contributed by atoms with Crippen molar-refractivity contribution in [3.05, 3.63) is 75.9 Å². The molecule has 4 rings (SSSR count). The molecule has 1 saturated heterocycles. The van der Waals surface area contributed by atoms with Crippen molar-refractivity contribution in [3.8, 4) is 11.8 Å². The second kappa shape index (κ2) is 11.3. The smallest absolute Gasteiger partial charge is 0.276 e. The molecule has 1 fully saturated rings. The van der Waals surface area contributed by atoms with Crippen molar-refractivity contribution in [1.82, 2.24) is 19.7 Å². The van der Waals surface area contributed by atoms with Gasteiger partial charge >= 0.3 is 0 Å². The van der Waals surface area contributed by atoms with Crippen LogP contribution in [-0.2, 0) is 16.1 Å². The van der Waals surface area contributed by atoms with Gasteiger partial charge in [0.05, 0.1) is 30.5 Å². The van der Waals surface area contributed by atoms with E-state index in [4.69, 9.17) is 16.3 Å². The van der Waals surface area contributed by atoms with E-state index >= 15 is 0 Å². The molecule has 0 radical (unpaired) electrons. The predicted octanol–water partition coefficient (Wildman–Crippen LogP) is 3.67. The normalized spacial score (nSPS) is 15.2. The van der Waals surface area contributed by atoms with Gasteiger partial charge in [0, 0.05) is 36.8 Å². The number of ether oxygens (including phenoxy) is 1. The van der Waals surface area contributed by atoms with Gasteiger partial charge < -0.3 is 15.0 Å². The van der Waals surface area contributed by atoms with E-state index in [9.17, 15) is 14.0 Å². The molecule has 0 aliphatic carbocycles. The van der Waals surface area contributed by atoms with E-state index in [-0.39, 0.29) is 35.1 Å². The number of carbonyl (C=O) groups excluding carboxylic acids is 2. The Morgan fingerprint density at radius 2 is 1.97 bits per heavy atom. The maximum atomic E-state index is 13.1. The zero-order valence-corrected chi connectivity index (χ0v) is 20.7. The molecule has 0 spiro atoms. The summed E-state index contributed by atoms with van der Waals surface area (Å²) in [6.07, 6.45) is 3.07. The molecule has 0 saturated carbocycles. The highest BCUT2D eigenvalue weighted by atomic mass is 35.5. The van der Waals surface area contributed by atoms with E-state index in [1.54, 1.807) is 36.2 Å². The van der Waals surface area contributed by atoms with Gasteiger partial charge in [0.15, 0.2) is 0 Å². The number of pyridine rings is 1. The number of benzene rings is 1. The van der Waals surface area contributed by atoms with Gasteiger partial charge in [0.25, 0.3) is 5.91 Å². The molecule has 0 bridgehead atoms. The van der Waals surface area contributed by atoms with Gasteiger partial charge in [-0.05, 0) is 42.8 Å². The van der Waals surface area contributed by atoms with E-state index in [0.717, 1.165) is 0 Å². The summed E-state index contributed by atoms with van der Waals surface area (Å²) >= 11 is 6.29. The van der Waals surface area contributed by atoms with E-state index in [1.807, 2.05) is 6.92 Å². The van der Waals surface area contributed by atoms with Crippen LogP contribution in [0.2, 0.25) is 5.02 Å². The number of aromatic nitrogens is 3. The molecule has 1 aliphatic rings. The van der Waals surface area contributed by atoms with Gasteiger partial charge in [-0.15, -0.1) is 0 Å². The number of morpholine rings is 1. The molecular formula is C26H25ClFN5O3. The molecule has 2 aromatic heterocycles. The Labute approximate surface area is 213 Å². The van der Waals surface area contributed by atoms with Crippen LogP contribution in [0.3, 0.4) is 0 Å². The second-order valence-corrected chi connectivity index (χ2v) is 8.72. The summed E-state index contributed by atoms with van der Waals surface area (Å²) in [5.41, 5.74) is 2.22. The van der Waals surface area contributed by atoms with Crippen LogP contribution in [0.1, 0.15) is 40.5 Å². The fourth-order valence-corrected chi connectivity index (χ4v) is 4.04. The lowest BCUT2D eigenvalue weighted by atomic mass is 10.1. The molecule has 1 unspecified atom stereocenters. The third-order valence-electron chi connectivity index (χ3n) is 5.69. The maximum Gasteiger partial charge on any atom is 0.276 e. The largest absolute Gasteiger partial charge is 0.373 e. The molecule has 36 heavy (non-hydrogen) atoms. The summed E-state index contributed by atoms with van der Waals surface area (Å²) in [5.74, 6) is 5.59. The third-order valence-corrected chi connectivity index (χ3v) is 5.96. The minimum Gasteiger partial charge on any atom is -0.373 e. The molecular weight excluding hydrogens is 485 g/mol. The number of carbonyl (C=O) groups is 2. The van der Waals surface area contributed by atoms with E-state index in [2.05, 4.69) is 27.2 Å². The van der Waals surface area contributed by atoms with Crippen LogP contribution in [0.15, 0.2) is 42.7 Å². The lowest BCUT2D eigenvalue weighted by Gasteiger charge is -2.33. The fourth-order valence-electron chi connectivity index (χ4n) is 3.82. The Balaban J connectivity index is 1.45. The van der Waals surface area contributed by atoms with Crippen molar-refractivity contribution in [1.29, 1.82) is 0 Å². The average Bonchev–Trinajstić information content (AvgIpc) is 3.24. The van der Waals surface area contributed by atoms with Crippen LogP contribution < -0.4 is 5.32 Å². The number of halogens is 2. The van der Waals surface area contributed by atoms with Gasteiger partial charge in [-0.25, -0.2) is 9.37 Å². The first kappa shape index (κ1) is 25.4. The number of anilines is 1. The standard InChI is InChI=1S/C26H25ClFN5O3/c1-3-23(34)32-10-11-36-21(15-32)16-33-24(22(27)14-30-33)26(35)31-25-17(2)12-19(13-29-25)5-4-18-6-8-20(28)9-7-18/h6-9,12-14,21H,3,10-11,15-16H2,1-2H3,(H,29,31,35). The van der Waals surface area contributed by atoms with Crippen LogP contribution in [-0.4, -0.2) is 57.3 Å². The molecule has 8 nitrogen and oxygen atoms in total. The summed E-state index contributed by atoms with van der Waals surface area (Å²) in [5, 5.41) is 7.22. The Morgan fingerprint density at radius 3 is 2.69 bits per heavy atom. The molecule has 1 N–H and O–H groups in total. The highest BCUT2D eigenvalue weighted by Gasteiger charge is 2.26. The van der Waals surface area contributed by atoms with Crippen molar-refractivity contribution in [2.24, 2.45) is 0 Å². The third kappa shape index (κ3) is 6.08. The molecule has 186 valence electrons. The minimum absolute atomic E-state index is 0.0621. The van der Waals surface area contributed by atoms with Crippen molar-refractivity contribution in [3.63, 3.8) is 0 Å².